The van der Waals surface area contributed by atoms with Crippen molar-refractivity contribution in [2.45, 2.75) is 24.2 Å². The van der Waals surface area contributed by atoms with E-state index in [4.69, 9.17) is 10.8 Å². The first-order valence-corrected chi connectivity index (χ1v) is 6.87. The molecule has 0 saturated carbocycles. The lowest BCUT2D eigenvalue weighted by Gasteiger charge is -1.83. The van der Waals surface area contributed by atoms with Gasteiger partial charge in [-0.15, -0.1) is 10.2 Å². The number of carboxylic acid groups (broad SMARTS) is 1. The van der Waals surface area contributed by atoms with Gasteiger partial charge in [0.15, 0.2) is 0 Å². The van der Waals surface area contributed by atoms with Crippen molar-refractivity contribution in [3.05, 3.63) is 5.01 Å². The van der Waals surface area contributed by atoms with Crippen molar-refractivity contribution < 1.29 is 18.3 Å². The van der Waals surface area contributed by atoms with E-state index in [0.717, 1.165) is 6.26 Å². The molecule has 0 aliphatic carbocycles. The minimum Gasteiger partial charge on any atom is -0.476 e. The van der Waals surface area contributed by atoms with E-state index in [-0.39, 0.29) is 9.35 Å². The molecule has 0 amide bonds. The zero-order valence-electron chi connectivity index (χ0n) is 9.04. The Morgan fingerprint density at radius 1 is 1.44 bits per heavy atom. The number of hydrogen-bond donors (Lipinski definition) is 2. The van der Waals surface area contributed by atoms with Gasteiger partial charge in [0.25, 0.3) is 0 Å². The van der Waals surface area contributed by atoms with Gasteiger partial charge < -0.3 is 10.8 Å². The maximum absolute atomic E-state index is 10.8. The summed E-state index contributed by atoms with van der Waals surface area (Å²) in [6, 6.07) is 0.333. The van der Waals surface area contributed by atoms with Crippen molar-refractivity contribution in [1.29, 1.82) is 0 Å². The molecule has 1 aromatic rings. The molecule has 0 radical (unpaired) electrons. The van der Waals surface area contributed by atoms with E-state index in [1.807, 2.05) is 13.8 Å². The van der Waals surface area contributed by atoms with Crippen LogP contribution in [0.4, 0.5) is 0 Å². The molecule has 1 rings (SSSR count). The van der Waals surface area contributed by atoms with Gasteiger partial charge in [-0.05, 0) is 6.04 Å². The highest BCUT2D eigenvalue weighted by Gasteiger charge is 2.17. The number of aromatic carboxylic acids is 1. The number of carbonyl (C=O) groups is 1. The molecule has 9 heteroatoms. The van der Waals surface area contributed by atoms with Gasteiger partial charge in [-0.1, -0.05) is 25.2 Å². The van der Waals surface area contributed by atoms with Crippen molar-refractivity contribution in [3.8, 4) is 0 Å². The Labute approximate surface area is 97.2 Å². The number of aromatic nitrogens is 2. The first kappa shape index (κ1) is 14.9. The third kappa shape index (κ3) is 5.73. The van der Waals surface area contributed by atoms with Crippen LogP contribution in [0.1, 0.15) is 23.6 Å². The summed E-state index contributed by atoms with van der Waals surface area (Å²) in [6.07, 6.45) is 0.944. The average Bonchev–Trinajstić information content (AvgIpc) is 2.48. The molecule has 0 unspecified atom stereocenters. The van der Waals surface area contributed by atoms with Gasteiger partial charge in [-0.3, -0.25) is 0 Å². The van der Waals surface area contributed by atoms with Crippen molar-refractivity contribution >= 4 is 27.1 Å². The highest BCUT2D eigenvalue weighted by Crippen LogP contribution is 2.14. The molecular weight excluding hydrogens is 254 g/mol. The van der Waals surface area contributed by atoms with Crippen LogP contribution in [0.5, 0.6) is 0 Å². The second-order valence-electron chi connectivity index (χ2n) is 3.19. The van der Waals surface area contributed by atoms with Gasteiger partial charge in [-0.2, -0.15) is 0 Å². The van der Waals surface area contributed by atoms with Crippen molar-refractivity contribution in [2.24, 2.45) is 5.73 Å². The summed E-state index contributed by atoms with van der Waals surface area (Å²) >= 11 is 0.538. The molecule has 0 spiro atoms. The van der Waals surface area contributed by atoms with Crippen LogP contribution >= 0.6 is 11.3 Å². The van der Waals surface area contributed by atoms with E-state index in [9.17, 15) is 13.2 Å². The Hall–Kier alpha value is -1.06. The van der Waals surface area contributed by atoms with Gasteiger partial charge in [0.2, 0.25) is 19.2 Å². The van der Waals surface area contributed by atoms with Gasteiger partial charge in [0, 0.05) is 6.26 Å². The number of carboxylic acids is 1. The number of nitrogens with zero attached hydrogens (tertiary/aromatic N) is 2. The van der Waals surface area contributed by atoms with Crippen LogP contribution < -0.4 is 5.73 Å². The largest absolute Gasteiger partial charge is 0.476 e. The molecule has 92 valence electrons. The topological polar surface area (TPSA) is 123 Å². The quantitative estimate of drug-likeness (QED) is 0.772. The summed E-state index contributed by atoms with van der Waals surface area (Å²) in [5.41, 5.74) is 5.11. The van der Waals surface area contributed by atoms with Gasteiger partial charge in [0.05, 0.1) is 0 Å². The molecule has 7 nitrogen and oxygen atoms in total. The van der Waals surface area contributed by atoms with E-state index in [2.05, 4.69) is 10.2 Å². The molecule has 0 fully saturated rings. The maximum Gasteiger partial charge on any atom is 0.367 e. The SMILES string of the molecule is CC(C)N.CS(=O)(=O)c1nnc(C(=O)O)s1. The zero-order valence-corrected chi connectivity index (χ0v) is 10.7. The minimum atomic E-state index is -3.43. The van der Waals surface area contributed by atoms with E-state index >= 15 is 0 Å². The summed E-state index contributed by atoms with van der Waals surface area (Å²) in [6.45, 7) is 3.89. The summed E-state index contributed by atoms with van der Waals surface area (Å²) < 4.78 is 21.3. The fourth-order valence-corrected chi connectivity index (χ4v) is 1.89. The molecule has 0 aliphatic rings. The fourth-order valence-electron chi connectivity index (χ4n) is 0.446. The highest BCUT2D eigenvalue weighted by molar-refractivity contribution is 7.92. The van der Waals surface area contributed by atoms with Crippen LogP contribution in [0, 0.1) is 0 Å². The molecule has 0 atom stereocenters. The summed E-state index contributed by atoms with van der Waals surface area (Å²) in [7, 11) is -3.43. The number of hydrogen-bond acceptors (Lipinski definition) is 7. The Bertz CT molecular complexity index is 449. The van der Waals surface area contributed by atoms with Crippen LogP contribution in [-0.4, -0.2) is 42.0 Å². The number of rotatable bonds is 2. The fraction of sp³-hybridized carbons (Fsp3) is 0.571. The third-order valence-corrected chi connectivity index (χ3v) is 3.49. The lowest BCUT2D eigenvalue weighted by Crippen LogP contribution is -2.06. The summed E-state index contributed by atoms with van der Waals surface area (Å²) in [5, 5.41) is 14.4. The molecule has 0 aliphatic heterocycles. The smallest absolute Gasteiger partial charge is 0.367 e. The van der Waals surface area contributed by atoms with E-state index < -0.39 is 15.8 Å². The van der Waals surface area contributed by atoms with Gasteiger partial charge in [-0.25, -0.2) is 13.2 Å². The summed E-state index contributed by atoms with van der Waals surface area (Å²) in [4.78, 5) is 10.3. The Morgan fingerprint density at radius 3 is 2.06 bits per heavy atom. The second kappa shape index (κ2) is 5.87. The predicted molar refractivity (Wildman–Crippen MR) is 59.3 cm³/mol. The molecular formula is C7H13N3O4S2. The van der Waals surface area contributed by atoms with Crippen LogP contribution in [-0.2, 0) is 9.84 Å². The highest BCUT2D eigenvalue weighted by atomic mass is 32.2. The maximum atomic E-state index is 10.8. The summed E-state index contributed by atoms with van der Waals surface area (Å²) in [5.74, 6) is -1.28. The van der Waals surface area contributed by atoms with Crippen molar-refractivity contribution in [1.82, 2.24) is 10.2 Å². The van der Waals surface area contributed by atoms with Gasteiger partial charge in [0.1, 0.15) is 0 Å². The van der Waals surface area contributed by atoms with E-state index in [1.165, 1.54) is 0 Å². The standard InChI is InChI=1S/C4H4N2O4S2.C3H9N/c1-12(9,10)4-6-5-2(11-4)3(7)8;1-3(2)4/h1H3,(H,7,8);3H,4H2,1-2H3. The number of nitrogens with two attached hydrogens (primary N) is 1. The number of sulfone groups is 1. The van der Waals surface area contributed by atoms with Gasteiger partial charge >= 0.3 is 5.97 Å². The van der Waals surface area contributed by atoms with Crippen LogP contribution in [0.3, 0.4) is 0 Å². The van der Waals surface area contributed by atoms with Crippen LogP contribution in [0.15, 0.2) is 4.34 Å². The average molecular weight is 267 g/mol. The lowest BCUT2D eigenvalue weighted by molar-refractivity contribution is 0.0695. The molecule has 1 aromatic heterocycles. The minimum absolute atomic E-state index is 0.278. The van der Waals surface area contributed by atoms with Crippen LogP contribution in [0.2, 0.25) is 0 Å². The Kier molecular flexibility index (Phi) is 5.48. The molecule has 16 heavy (non-hydrogen) atoms. The molecule has 3 N–H and O–H groups in total. The van der Waals surface area contributed by atoms with E-state index in [1.54, 1.807) is 0 Å². The normalized spacial score (nSPS) is 10.8. The molecule has 0 aromatic carbocycles. The Balaban J connectivity index is 0.000000487. The monoisotopic (exact) mass is 267 g/mol. The molecule has 0 bridgehead atoms. The van der Waals surface area contributed by atoms with Crippen LogP contribution in [0.25, 0.3) is 0 Å². The third-order valence-electron chi connectivity index (χ3n) is 0.907. The van der Waals surface area contributed by atoms with Crippen molar-refractivity contribution in [3.63, 3.8) is 0 Å². The molecule has 1 heterocycles. The lowest BCUT2D eigenvalue weighted by atomic mass is 10.5. The predicted octanol–water partition coefficient (Wildman–Crippen LogP) is -0.00670. The second-order valence-corrected chi connectivity index (χ2v) is 6.36. The zero-order chi connectivity index (χ0) is 12.9. The first-order valence-electron chi connectivity index (χ1n) is 4.17. The Morgan fingerprint density at radius 2 is 1.88 bits per heavy atom. The molecule has 0 saturated heterocycles. The van der Waals surface area contributed by atoms with Crippen molar-refractivity contribution in [2.75, 3.05) is 6.26 Å². The van der Waals surface area contributed by atoms with E-state index in [0.29, 0.717) is 17.4 Å². The first-order chi connectivity index (χ1) is 7.14.